The molecule has 0 heterocycles. The molecule has 3 N–H and O–H groups in total. The second-order valence-corrected chi connectivity index (χ2v) is 24.6. The van der Waals surface area contributed by atoms with Crippen LogP contribution in [0.15, 0.2) is 36.5 Å². The van der Waals surface area contributed by atoms with Gasteiger partial charge in [0.25, 0.3) is 0 Å². The van der Waals surface area contributed by atoms with E-state index in [-0.39, 0.29) is 19.1 Å². The summed E-state index contributed by atoms with van der Waals surface area (Å²) < 4.78 is 23.7. The largest absolute Gasteiger partial charge is 0.472 e. The zero-order valence-electron chi connectivity index (χ0n) is 49.4. The van der Waals surface area contributed by atoms with E-state index >= 15 is 0 Å². The number of likely N-dealkylation sites (N-methyl/N-ethyl adjacent to an activating group) is 1. The number of hydrogen-bond acceptors (Lipinski definition) is 5. The molecule has 432 valence electrons. The van der Waals surface area contributed by atoms with Crippen LogP contribution in [0, 0.1) is 0 Å². The Morgan fingerprint density at radius 1 is 0.452 bits per heavy atom. The fourth-order valence-electron chi connectivity index (χ4n) is 9.61. The molecule has 0 radical (unpaired) electrons. The lowest BCUT2D eigenvalue weighted by Gasteiger charge is -2.25. The quantitative estimate of drug-likeness (QED) is 0.0243. The minimum Gasteiger partial charge on any atom is -0.387 e. The zero-order chi connectivity index (χ0) is 53.5. The van der Waals surface area contributed by atoms with Crippen molar-refractivity contribution >= 4 is 13.7 Å². The molecule has 0 bridgehead atoms. The number of aliphatic hydroxyl groups excluding tert-OH is 1. The van der Waals surface area contributed by atoms with Crippen molar-refractivity contribution in [1.82, 2.24) is 5.32 Å². The number of phosphoric ester groups is 1. The normalized spacial score (nSPS) is 14.0. The van der Waals surface area contributed by atoms with E-state index in [0.29, 0.717) is 17.4 Å². The van der Waals surface area contributed by atoms with Crippen LogP contribution < -0.4 is 5.32 Å². The third-order valence-electron chi connectivity index (χ3n) is 14.6. The van der Waals surface area contributed by atoms with Gasteiger partial charge in [-0.05, 0) is 44.9 Å². The predicted molar refractivity (Wildman–Crippen MR) is 318 cm³/mol. The molecule has 0 fully saturated rings. The van der Waals surface area contributed by atoms with E-state index in [9.17, 15) is 19.4 Å². The lowest BCUT2D eigenvalue weighted by atomic mass is 10.0. The summed E-state index contributed by atoms with van der Waals surface area (Å²) in [6.07, 6.45) is 72.8. The van der Waals surface area contributed by atoms with Gasteiger partial charge in [0, 0.05) is 6.42 Å². The molecule has 0 aromatic rings. The Bertz CT molecular complexity index is 1280. The Balaban J connectivity index is 4.16. The van der Waals surface area contributed by atoms with Gasteiger partial charge in [0.1, 0.15) is 13.2 Å². The molecule has 0 aromatic carbocycles. The van der Waals surface area contributed by atoms with E-state index in [1.807, 2.05) is 27.2 Å². The maximum Gasteiger partial charge on any atom is 0.472 e. The molecule has 0 saturated heterocycles. The first-order valence-electron chi connectivity index (χ1n) is 31.9. The number of carbonyl (C=O) groups is 1. The van der Waals surface area contributed by atoms with Gasteiger partial charge in [-0.2, -0.15) is 0 Å². The number of carbonyl (C=O) groups excluding carboxylic acids is 1. The molecule has 8 nitrogen and oxygen atoms in total. The molecular formula is C64H126N2O6P+. The number of nitrogens with zero attached hydrogens (tertiary/aromatic N) is 1. The van der Waals surface area contributed by atoms with Gasteiger partial charge in [-0.1, -0.05) is 301 Å². The van der Waals surface area contributed by atoms with Gasteiger partial charge in [-0.15, -0.1) is 0 Å². The molecule has 1 amide bonds. The van der Waals surface area contributed by atoms with Gasteiger partial charge in [0.05, 0.1) is 39.9 Å². The third-order valence-corrected chi connectivity index (χ3v) is 15.6. The number of unbranched alkanes of at least 4 members (excludes halogenated alkanes) is 42. The summed E-state index contributed by atoms with van der Waals surface area (Å²) in [4.78, 5) is 23.3. The minimum atomic E-state index is -4.36. The molecular weight excluding hydrogens is 924 g/mol. The summed E-state index contributed by atoms with van der Waals surface area (Å²) in [6.45, 7) is 4.84. The maximum atomic E-state index is 13.0. The Hall–Kier alpha value is -1.28. The smallest absolute Gasteiger partial charge is 0.387 e. The van der Waals surface area contributed by atoms with E-state index in [0.717, 1.165) is 44.9 Å². The van der Waals surface area contributed by atoms with Crippen LogP contribution in [0.4, 0.5) is 0 Å². The van der Waals surface area contributed by atoms with Gasteiger partial charge < -0.3 is 19.8 Å². The number of aliphatic hydroxyl groups is 1. The Morgan fingerprint density at radius 2 is 0.753 bits per heavy atom. The summed E-state index contributed by atoms with van der Waals surface area (Å²) in [7, 11) is 1.56. The lowest BCUT2D eigenvalue weighted by molar-refractivity contribution is -0.870. The van der Waals surface area contributed by atoms with Crippen molar-refractivity contribution in [3.8, 4) is 0 Å². The highest BCUT2D eigenvalue weighted by Crippen LogP contribution is 2.43. The van der Waals surface area contributed by atoms with Gasteiger partial charge in [0.15, 0.2) is 0 Å². The zero-order valence-corrected chi connectivity index (χ0v) is 50.3. The van der Waals surface area contributed by atoms with Gasteiger partial charge in [0.2, 0.25) is 5.91 Å². The molecule has 0 aliphatic heterocycles. The molecule has 9 heteroatoms. The molecule has 0 aromatic heterocycles. The fraction of sp³-hybridized carbons (Fsp3) is 0.891. The summed E-state index contributed by atoms with van der Waals surface area (Å²) in [5.74, 6) is -0.184. The highest BCUT2D eigenvalue weighted by molar-refractivity contribution is 7.47. The van der Waals surface area contributed by atoms with Crippen LogP contribution in [-0.2, 0) is 18.4 Å². The summed E-state index contributed by atoms with van der Waals surface area (Å²) in [5.41, 5.74) is 0. The van der Waals surface area contributed by atoms with Crippen LogP contribution in [0.2, 0.25) is 0 Å². The van der Waals surface area contributed by atoms with Gasteiger partial charge in [-0.3, -0.25) is 13.8 Å². The molecule has 0 aliphatic carbocycles. The van der Waals surface area contributed by atoms with Gasteiger partial charge in [-0.25, -0.2) is 4.57 Å². The second-order valence-electron chi connectivity index (χ2n) is 23.1. The first-order valence-corrected chi connectivity index (χ1v) is 33.4. The first-order chi connectivity index (χ1) is 35.5. The van der Waals surface area contributed by atoms with Crippen molar-refractivity contribution in [2.75, 3.05) is 40.9 Å². The summed E-state index contributed by atoms with van der Waals surface area (Å²) in [5, 5.41) is 13.9. The Kier molecular flexibility index (Phi) is 54.5. The van der Waals surface area contributed by atoms with Crippen LogP contribution in [0.3, 0.4) is 0 Å². The van der Waals surface area contributed by atoms with E-state index < -0.39 is 20.0 Å². The maximum absolute atomic E-state index is 13.0. The highest BCUT2D eigenvalue weighted by Gasteiger charge is 2.27. The minimum absolute atomic E-state index is 0.0553. The SMILES string of the molecule is CCCCCCCCCCCCCCC/C=C/CC/C=C/CC/C=C/C(O)C(COP(=O)(O)OCC[N+](C)(C)C)NC(=O)CCCCCCCCCCCCCCCCCCCCCCCCCCCCCC. The molecule has 73 heavy (non-hydrogen) atoms. The van der Waals surface area contributed by atoms with Crippen LogP contribution >= 0.6 is 7.82 Å². The summed E-state index contributed by atoms with van der Waals surface area (Å²) >= 11 is 0. The molecule has 3 unspecified atom stereocenters. The highest BCUT2D eigenvalue weighted by atomic mass is 31.2. The van der Waals surface area contributed by atoms with Crippen LogP contribution in [0.1, 0.15) is 316 Å². The number of rotatable bonds is 59. The number of quaternary nitrogens is 1. The lowest BCUT2D eigenvalue weighted by Crippen LogP contribution is -2.45. The van der Waals surface area contributed by atoms with E-state index in [4.69, 9.17) is 9.05 Å². The number of nitrogens with one attached hydrogen (secondary N) is 1. The van der Waals surface area contributed by atoms with Crippen molar-refractivity contribution in [3.63, 3.8) is 0 Å². The Morgan fingerprint density at radius 3 is 1.10 bits per heavy atom. The van der Waals surface area contributed by atoms with Crippen molar-refractivity contribution in [2.24, 2.45) is 0 Å². The van der Waals surface area contributed by atoms with Crippen LogP contribution in [0.5, 0.6) is 0 Å². The van der Waals surface area contributed by atoms with E-state index in [1.54, 1.807) is 6.08 Å². The first kappa shape index (κ1) is 71.7. The van der Waals surface area contributed by atoms with Crippen molar-refractivity contribution < 1.29 is 32.9 Å². The van der Waals surface area contributed by atoms with Crippen molar-refractivity contribution in [3.05, 3.63) is 36.5 Å². The number of allylic oxidation sites excluding steroid dienone is 5. The van der Waals surface area contributed by atoms with Crippen molar-refractivity contribution in [2.45, 2.75) is 328 Å². The predicted octanol–water partition coefficient (Wildman–Crippen LogP) is 19.7. The number of hydrogen-bond donors (Lipinski definition) is 3. The Labute approximate surface area is 455 Å². The average Bonchev–Trinajstić information content (AvgIpc) is 3.35. The van der Waals surface area contributed by atoms with Gasteiger partial charge >= 0.3 is 7.82 Å². The molecule has 0 saturated carbocycles. The van der Waals surface area contributed by atoms with Crippen LogP contribution in [-0.4, -0.2) is 73.4 Å². The summed E-state index contributed by atoms with van der Waals surface area (Å²) in [6, 6.07) is -0.868. The average molecular weight is 1050 g/mol. The standard InChI is InChI=1S/C64H125N2O6P/c1-6-8-10-12-14-16-18-20-22-24-26-28-30-31-32-33-34-36-38-40-42-44-46-48-50-52-54-56-58-64(68)65-62(61-72-73(69,70)71-60-59-66(3,4)5)63(67)57-55-53-51-49-47-45-43-41-39-37-35-29-27-25-23-21-19-17-15-13-11-9-7-2/h39,41,47,49,55,57,62-63,67H,6-38,40,42-46,48,50-54,56,58-61H2,1-5H3,(H-,65,68,69,70)/p+1/b41-39+,49-47+,57-55+. The number of amides is 1. The number of phosphoric acid groups is 1. The van der Waals surface area contributed by atoms with E-state index in [1.165, 1.54) is 250 Å². The third kappa shape index (κ3) is 58.2. The topological polar surface area (TPSA) is 105 Å². The van der Waals surface area contributed by atoms with Crippen LogP contribution in [0.25, 0.3) is 0 Å². The fourth-order valence-corrected chi connectivity index (χ4v) is 10.3. The van der Waals surface area contributed by atoms with Crippen molar-refractivity contribution in [1.29, 1.82) is 0 Å². The molecule has 0 aliphatic rings. The molecule has 0 spiro atoms. The second kappa shape index (κ2) is 55.5. The monoisotopic (exact) mass is 1050 g/mol. The molecule has 3 atom stereocenters. The van der Waals surface area contributed by atoms with E-state index in [2.05, 4.69) is 43.5 Å². The molecule has 0 rings (SSSR count).